The zero-order chi connectivity index (χ0) is 15.1. The normalized spacial score (nSPS) is 12.0. The summed E-state index contributed by atoms with van der Waals surface area (Å²) in [6, 6.07) is 0.118. The van der Waals surface area contributed by atoms with Crippen molar-refractivity contribution in [1.29, 1.82) is 0 Å². The van der Waals surface area contributed by atoms with Crippen molar-refractivity contribution in [2.45, 2.75) is 32.7 Å². The van der Waals surface area contributed by atoms with Crippen molar-refractivity contribution >= 4 is 23.0 Å². The summed E-state index contributed by atoms with van der Waals surface area (Å²) in [5.41, 5.74) is 0. The van der Waals surface area contributed by atoms with Crippen LogP contribution in [0, 0.1) is 0 Å². The highest BCUT2D eigenvalue weighted by molar-refractivity contribution is 7.09. The highest BCUT2D eigenvalue weighted by Crippen LogP contribution is 2.32. The van der Waals surface area contributed by atoms with Crippen LogP contribution in [0.25, 0.3) is 0 Å². The molecule has 0 saturated carbocycles. The van der Waals surface area contributed by atoms with Crippen LogP contribution in [0.15, 0.2) is 17.9 Å². The van der Waals surface area contributed by atoms with E-state index in [0.29, 0.717) is 17.4 Å². The lowest BCUT2D eigenvalue weighted by molar-refractivity contribution is 0.414. The third kappa shape index (κ3) is 3.81. The molecule has 0 aromatic carbocycles. The van der Waals surface area contributed by atoms with Gasteiger partial charge < -0.3 is 15.4 Å². The van der Waals surface area contributed by atoms with Gasteiger partial charge >= 0.3 is 0 Å². The van der Waals surface area contributed by atoms with E-state index in [4.69, 9.17) is 4.74 Å². The van der Waals surface area contributed by atoms with Gasteiger partial charge in [-0.1, -0.05) is 13.8 Å². The molecule has 0 aliphatic heterocycles. The van der Waals surface area contributed by atoms with Crippen molar-refractivity contribution in [3.8, 4) is 5.75 Å². The Balaban J connectivity index is 2.22. The molecule has 0 spiro atoms. The molecule has 21 heavy (non-hydrogen) atoms. The molecule has 2 aromatic heterocycles. The van der Waals surface area contributed by atoms with Crippen molar-refractivity contribution < 1.29 is 4.74 Å². The topological polar surface area (TPSA) is 72.0 Å². The largest absolute Gasteiger partial charge is 0.490 e. The SMILES string of the molecule is CCCNc1ncnc(NC(CC)c2nccs2)c1OC. The van der Waals surface area contributed by atoms with E-state index in [1.165, 1.54) is 6.33 Å². The predicted molar refractivity (Wildman–Crippen MR) is 86.1 cm³/mol. The van der Waals surface area contributed by atoms with Gasteiger partial charge in [-0.15, -0.1) is 11.3 Å². The van der Waals surface area contributed by atoms with Gasteiger partial charge in [0.25, 0.3) is 0 Å². The number of thiazole rings is 1. The number of aromatic nitrogens is 3. The van der Waals surface area contributed by atoms with E-state index in [2.05, 4.69) is 39.4 Å². The summed E-state index contributed by atoms with van der Waals surface area (Å²) in [4.78, 5) is 12.9. The Labute approximate surface area is 129 Å². The van der Waals surface area contributed by atoms with Gasteiger partial charge in [0.2, 0.25) is 5.75 Å². The zero-order valence-electron chi connectivity index (χ0n) is 12.6. The van der Waals surface area contributed by atoms with Gasteiger partial charge in [-0.25, -0.2) is 15.0 Å². The van der Waals surface area contributed by atoms with Crippen LogP contribution in [0.3, 0.4) is 0 Å². The standard InChI is InChI=1S/C14H21N5OS/c1-4-6-15-12-11(20-3)13(18-9-17-12)19-10(5-2)14-16-7-8-21-14/h7-10H,4-6H2,1-3H3,(H2,15,17,18,19). The number of nitrogens with zero attached hydrogens (tertiary/aromatic N) is 3. The van der Waals surface area contributed by atoms with Crippen LogP contribution in [0.4, 0.5) is 11.6 Å². The minimum absolute atomic E-state index is 0.118. The van der Waals surface area contributed by atoms with E-state index in [9.17, 15) is 0 Å². The van der Waals surface area contributed by atoms with Gasteiger partial charge in [0.1, 0.15) is 11.3 Å². The second-order valence-corrected chi connectivity index (χ2v) is 5.43. The Hall–Kier alpha value is -1.89. The van der Waals surface area contributed by atoms with Crippen LogP contribution in [0.1, 0.15) is 37.7 Å². The fourth-order valence-electron chi connectivity index (χ4n) is 1.95. The third-order valence-corrected chi connectivity index (χ3v) is 3.91. The van der Waals surface area contributed by atoms with Crippen molar-refractivity contribution in [2.24, 2.45) is 0 Å². The molecule has 6 nitrogen and oxygen atoms in total. The summed E-state index contributed by atoms with van der Waals surface area (Å²) in [7, 11) is 1.63. The smallest absolute Gasteiger partial charge is 0.204 e. The lowest BCUT2D eigenvalue weighted by Gasteiger charge is -2.18. The van der Waals surface area contributed by atoms with E-state index in [0.717, 1.165) is 24.4 Å². The van der Waals surface area contributed by atoms with E-state index >= 15 is 0 Å². The van der Waals surface area contributed by atoms with Gasteiger partial charge in [0.05, 0.1) is 13.2 Å². The van der Waals surface area contributed by atoms with Gasteiger partial charge in [-0.05, 0) is 12.8 Å². The minimum Gasteiger partial charge on any atom is -0.490 e. The first-order valence-electron chi connectivity index (χ1n) is 7.08. The number of ether oxygens (including phenoxy) is 1. The zero-order valence-corrected chi connectivity index (χ0v) is 13.4. The molecule has 1 unspecified atom stereocenters. The Kier molecular flexibility index (Phi) is 5.74. The molecule has 2 N–H and O–H groups in total. The molecule has 0 fully saturated rings. The molecule has 2 rings (SSSR count). The van der Waals surface area contributed by atoms with Gasteiger partial charge in [0.15, 0.2) is 11.6 Å². The molecule has 0 bridgehead atoms. The summed E-state index contributed by atoms with van der Waals surface area (Å²) >= 11 is 1.63. The summed E-state index contributed by atoms with van der Waals surface area (Å²) in [6.07, 6.45) is 5.29. The molecule has 0 amide bonds. The van der Waals surface area contributed by atoms with E-state index in [1.807, 2.05) is 11.6 Å². The predicted octanol–water partition coefficient (Wildman–Crippen LogP) is 3.33. The molecule has 2 heterocycles. The van der Waals surface area contributed by atoms with Crippen LogP contribution >= 0.6 is 11.3 Å². The molecule has 0 saturated heterocycles. The van der Waals surface area contributed by atoms with Crippen LogP contribution in [0.2, 0.25) is 0 Å². The fraction of sp³-hybridized carbons (Fsp3) is 0.500. The lowest BCUT2D eigenvalue weighted by atomic mass is 10.2. The lowest BCUT2D eigenvalue weighted by Crippen LogP contribution is -2.13. The number of methoxy groups -OCH3 is 1. The molecule has 114 valence electrons. The first-order valence-corrected chi connectivity index (χ1v) is 7.96. The van der Waals surface area contributed by atoms with Crippen molar-refractivity contribution in [2.75, 3.05) is 24.3 Å². The second kappa shape index (κ2) is 7.78. The summed E-state index contributed by atoms with van der Waals surface area (Å²) < 4.78 is 5.47. The van der Waals surface area contributed by atoms with Crippen molar-refractivity contribution in [3.63, 3.8) is 0 Å². The second-order valence-electron chi connectivity index (χ2n) is 4.51. The highest BCUT2D eigenvalue weighted by Gasteiger charge is 2.17. The Bertz CT molecular complexity index is 546. The monoisotopic (exact) mass is 307 g/mol. The van der Waals surface area contributed by atoms with E-state index < -0.39 is 0 Å². The highest BCUT2D eigenvalue weighted by atomic mass is 32.1. The number of hydrogen-bond acceptors (Lipinski definition) is 7. The molecule has 7 heteroatoms. The Morgan fingerprint density at radius 1 is 1.24 bits per heavy atom. The maximum absolute atomic E-state index is 5.47. The quantitative estimate of drug-likeness (QED) is 0.779. The molecular formula is C14H21N5OS. The Morgan fingerprint density at radius 3 is 2.67 bits per heavy atom. The average molecular weight is 307 g/mol. The summed E-state index contributed by atoms with van der Waals surface area (Å²) in [6.45, 7) is 5.06. The molecule has 1 atom stereocenters. The summed E-state index contributed by atoms with van der Waals surface area (Å²) in [5.74, 6) is 2.04. The minimum atomic E-state index is 0.118. The maximum atomic E-state index is 5.47. The molecule has 0 aliphatic rings. The van der Waals surface area contributed by atoms with Crippen LogP contribution in [-0.2, 0) is 0 Å². The first kappa shape index (κ1) is 15.5. The van der Waals surface area contributed by atoms with E-state index in [1.54, 1.807) is 18.4 Å². The molecule has 0 radical (unpaired) electrons. The van der Waals surface area contributed by atoms with Gasteiger partial charge in [-0.3, -0.25) is 0 Å². The average Bonchev–Trinajstić information content (AvgIpc) is 3.04. The Morgan fingerprint density at radius 2 is 2.05 bits per heavy atom. The van der Waals surface area contributed by atoms with Gasteiger partial charge in [-0.2, -0.15) is 0 Å². The number of hydrogen-bond donors (Lipinski definition) is 2. The molecule has 2 aromatic rings. The van der Waals surface area contributed by atoms with Crippen molar-refractivity contribution in [3.05, 3.63) is 22.9 Å². The van der Waals surface area contributed by atoms with Crippen LogP contribution < -0.4 is 15.4 Å². The summed E-state index contributed by atoms with van der Waals surface area (Å²) in [5, 5.41) is 9.67. The van der Waals surface area contributed by atoms with E-state index in [-0.39, 0.29) is 6.04 Å². The number of rotatable bonds is 8. The van der Waals surface area contributed by atoms with Crippen molar-refractivity contribution in [1.82, 2.24) is 15.0 Å². The maximum Gasteiger partial charge on any atom is 0.204 e. The fourth-order valence-corrected chi connectivity index (χ4v) is 2.72. The number of anilines is 2. The molecular weight excluding hydrogens is 286 g/mol. The van der Waals surface area contributed by atoms with Crippen LogP contribution in [0.5, 0.6) is 5.75 Å². The first-order chi connectivity index (χ1) is 10.3. The molecule has 0 aliphatic carbocycles. The van der Waals surface area contributed by atoms with Gasteiger partial charge in [0, 0.05) is 18.1 Å². The third-order valence-electron chi connectivity index (χ3n) is 3.02. The number of nitrogens with one attached hydrogen (secondary N) is 2. The van der Waals surface area contributed by atoms with Crippen LogP contribution in [-0.4, -0.2) is 28.6 Å².